The van der Waals surface area contributed by atoms with Crippen LogP contribution in [-0.4, -0.2) is 40.3 Å². The molecule has 2 amide bonds. The van der Waals surface area contributed by atoms with E-state index in [0.29, 0.717) is 11.4 Å². The number of anilines is 1. The van der Waals surface area contributed by atoms with Crippen molar-refractivity contribution in [1.82, 2.24) is 14.5 Å². The molecule has 1 atom stereocenters. The number of cyclic esters (lactones) is 1. The van der Waals surface area contributed by atoms with Crippen LogP contribution in [0.3, 0.4) is 0 Å². The zero-order chi connectivity index (χ0) is 21.3. The van der Waals surface area contributed by atoms with Crippen molar-refractivity contribution in [2.75, 3.05) is 18.0 Å². The number of nitrogens with zero attached hydrogens (tertiary/aromatic N) is 3. The molecular formula is C21H19FN4O4. The Morgan fingerprint density at radius 1 is 1.10 bits per heavy atom. The highest BCUT2D eigenvalue weighted by Crippen LogP contribution is 2.25. The molecule has 9 heteroatoms. The van der Waals surface area contributed by atoms with E-state index in [4.69, 9.17) is 4.74 Å². The highest BCUT2D eigenvalue weighted by molar-refractivity contribution is 5.90. The van der Waals surface area contributed by atoms with Gasteiger partial charge in [-0.15, -0.1) is 0 Å². The molecular weight excluding hydrogens is 391 g/mol. The smallest absolute Gasteiger partial charge is 0.414 e. The molecule has 0 unspecified atom stereocenters. The molecule has 154 valence electrons. The first-order valence-corrected chi connectivity index (χ1v) is 9.32. The number of carbonyl (C=O) groups excluding carboxylic acids is 2. The van der Waals surface area contributed by atoms with E-state index in [2.05, 4.69) is 5.32 Å². The molecule has 0 bridgehead atoms. The minimum absolute atomic E-state index is 0.0702. The Kier molecular flexibility index (Phi) is 5.09. The molecule has 8 nitrogen and oxygen atoms in total. The average molecular weight is 410 g/mol. The van der Waals surface area contributed by atoms with Crippen LogP contribution >= 0.6 is 0 Å². The van der Waals surface area contributed by atoms with Crippen LogP contribution < -0.4 is 15.9 Å². The number of carbonyl (C=O) groups is 2. The van der Waals surface area contributed by atoms with E-state index in [1.165, 1.54) is 39.3 Å². The molecule has 1 fully saturated rings. The molecule has 0 radical (unpaired) electrons. The quantitative estimate of drug-likeness (QED) is 0.699. The largest absolute Gasteiger partial charge is 0.442 e. The highest BCUT2D eigenvalue weighted by atomic mass is 19.1. The molecule has 30 heavy (non-hydrogen) atoms. The van der Waals surface area contributed by atoms with Gasteiger partial charge in [-0.3, -0.25) is 18.8 Å². The maximum absolute atomic E-state index is 14.9. The average Bonchev–Trinajstić information content (AvgIpc) is 3.29. The van der Waals surface area contributed by atoms with Crippen molar-refractivity contribution in [2.24, 2.45) is 0 Å². The van der Waals surface area contributed by atoms with E-state index in [1.54, 1.807) is 24.4 Å². The van der Waals surface area contributed by atoms with Gasteiger partial charge in [0.15, 0.2) is 0 Å². The molecule has 1 aliphatic rings. The number of imidazole rings is 1. The van der Waals surface area contributed by atoms with Gasteiger partial charge < -0.3 is 10.1 Å². The number of hydrogen-bond acceptors (Lipinski definition) is 4. The third kappa shape index (κ3) is 3.69. The lowest BCUT2D eigenvalue weighted by Gasteiger charge is -2.14. The number of aromatic nitrogens is 2. The second kappa shape index (κ2) is 7.86. The van der Waals surface area contributed by atoms with Gasteiger partial charge in [0.25, 0.3) is 0 Å². The predicted octanol–water partition coefficient (Wildman–Crippen LogP) is 2.23. The van der Waals surface area contributed by atoms with Crippen LogP contribution in [0.5, 0.6) is 0 Å². The Labute approximate surface area is 171 Å². The Bertz CT molecular complexity index is 1160. The Balaban J connectivity index is 1.58. The summed E-state index contributed by atoms with van der Waals surface area (Å²) in [6.07, 6.45) is 1.91. The van der Waals surface area contributed by atoms with Crippen molar-refractivity contribution in [3.8, 4) is 11.4 Å². The molecule has 1 aromatic heterocycles. The zero-order valence-corrected chi connectivity index (χ0v) is 16.1. The van der Waals surface area contributed by atoms with Gasteiger partial charge in [0.2, 0.25) is 5.91 Å². The van der Waals surface area contributed by atoms with Crippen molar-refractivity contribution < 1.29 is 18.7 Å². The summed E-state index contributed by atoms with van der Waals surface area (Å²) in [7, 11) is 0. The van der Waals surface area contributed by atoms with Crippen molar-refractivity contribution >= 4 is 17.7 Å². The second-order valence-corrected chi connectivity index (χ2v) is 6.85. The van der Waals surface area contributed by atoms with Gasteiger partial charge in [-0.05, 0) is 30.3 Å². The molecule has 0 spiro atoms. The molecule has 1 N–H and O–H groups in total. The van der Waals surface area contributed by atoms with Crippen LogP contribution in [0, 0.1) is 5.82 Å². The van der Waals surface area contributed by atoms with Crippen LogP contribution in [0.1, 0.15) is 6.92 Å². The minimum atomic E-state index is -0.654. The molecule has 1 saturated heterocycles. The van der Waals surface area contributed by atoms with Gasteiger partial charge in [-0.25, -0.2) is 14.0 Å². The van der Waals surface area contributed by atoms with E-state index in [1.807, 2.05) is 18.2 Å². The lowest BCUT2D eigenvalue weighted by molar-refractivity contribution is -0.119. The maximum Gasteiger partial charge on any atom is 0.414 e. The summed E-state index contributed by atoms with van der Waals surface area (Å²) in [5.74, 6) is -0.883. The molecule has 4 rings (SSSR count). The normalized spacial score (nSPS) is 15.9. The third-order valence-electron chi connectivity index (χ3n) is 4.77. The lowest BCUT2D eigenvalue weighted by Crippen LogP contribution is -2.33. The monoisotopic (exact) mass is 410 g/mol. The minimum Gasteiger partial charge on any atom is -0.442 e. The van der Waals surface area contributed by atoms with Crippen LogP contribution in [-0.2, 0) is 9.53 Å². The van der Waals surface area contributed by atoms with Gasteiger partial charge in [0.05, 0.1) is 30.2 Å². The number of hydrogen-bond donors (Lipinski definition) is 1. The molecule has 0 saturated carbocycles. The molecule has 0 aliphatic carbocycles. The number of benzene rings is 2. The van der Waals surface area contributed by atoms with Gasteiger partial charge in [0, 0.05) is 19.3 Å². The first-order valence-electron chi connectivity index (χ1n) is 9.32. The Hall–Kier alpha value is -3.88. The van der Waals surface area contributed by atoms with Crippen LogP contribution in [0.4, 0.5) is 14.9 Å². The van der Waals surface area contributed by atoms with Crippen molar-refractivity contribution in [3.63, 3.8) is 0 Å². The lowest BCUT2D eigenvalue weighted by atomic mass is 10.2. The van der Waals surface area contributed by atoms with Crippen molar-refractivity contribution in [1.29, 1.82) is 0 Å². The van der Waals surface area contributed by atoms with Crippen LogP contribution in [0.25, 0.3) is 11.4 Å². The summed E-state index contributed by atoms with van der Waals surface area (Å²) in [4.78, 5) is 37.2. The molecule has 2 aromatic carbocycles. The van der Waals surface area contributed by atoms with Gasteiger partial charge in [-0.2, -0.15) is 0 Å². The number of ether oxygens (including phenoxy) is 1. The Morgan fingerprint density at radius 2 is 1.83 bits per heavy atom. The van der Waals surface area contributed by atoms with E-state index in [9.17, 15) is 18.8 Å². The Morgan fingerprint density at radius 3 is 2.53 bits per heavy atom. The summed E-state index contributed by atoms with van der Waals surface area (Å²) in [5.41, 5.74) is 0.634. The number of para-hydroxylation sites is 1. The molecule has 2 heterocycles. The second-order valence-electron chi connectivity index (χ2n) is 6.85. The summed E-state index contributed by atoms with van der Waals surface area (Å²) in [5, 5.41) is 2.59. The number of amides is 2. The number of halogens is 1. The zero-order valence-electron chi connectivity index (χ0n) is 16.1. The fourth-order valence-corrected chi connectivity index (χ4v) is 3.30. The first kappa shape index (κ1) is 19.4. The number of nitrogens with one attached hydrogen (secondary N) is 1. The van der Waals surface area contributed by atoms with Crippen molar-refractivity contribution in [3.05, 3.63) is 77.2 Å². The van der Waals surface area contributed by atoms with E-state index in [0.717, 1.165) is 0 Å². The van der Waals surface area contributed by atoms with Crippen molar-refractivity contribution in [2.45, 2.75) is 13.0 Å². The van der Waals surface area contributed by atoms with Gasteiger partial charge in [0.1, 0.15) is 11.9 Å². The predicted molar refractivity (Wildman–Crippen MR) is 108 cm³/mol. The third-order valence-corrected chi connectivity index (χ3v) is 4.77. The summed E-state index contributed by atoms with van der Waals surface area (Å²) >= 11 is 0. The molecule has 3 aromatic rings. The highest BCUT2D eigenvalue weighted by Gasteiger charge is 2.32. The fourth-order valence-electron chi connectivity index (χ4n) is 3.30. The van der Waals surface area contributed by atoms with Gasteiger partial charge in [-0.1, -0.05) is 18.2 Å². The maximum atomic E-state index is 14.9. The summed E-state index contributed by atoms with van der Waals surface area (Å²) in [6.45, 7) is 1.73. The number of rotatable bonds is 5. The fraction of sp³-hybridized carbons (Fsp3) is 0.190. The molecule has 1 aliphatic heterocycles. The van der Waals surface area contributed by atoms with Gasteiger partial charge >= 0.3 is 11.8 Å². The first-order chi connectivity index (χ1) is 14.4. The summed E-state index contributed by atoms with van der Waals surface area (Å²) in [6, 6.07) is 13.2. The van der Waals surface area contributed by atoms with Crippen LogP contribution in [0.15, 0.2) is 65.7 Å². The topological polar surface area (TPSA) is 85.6 Å². The standard InChI is InChI=1S/C21H19FN4O4/c1-14(27)23-12-17-13-26(21(29)30-17)16-7-8-19(18(22)11-16)25-10-9-24(20(25)28)15-5-3-2-4-6-15/h2-11,17H,12-13H2,1H3,(H,23,27)/t17-/m0/s1. The summed E-state index contributed by atoms with van der Waals surface area (Å²) < 4.78 is 22.7. The van der Waals surface area contributed by atoms with E-state index >= 15 is 0 Å². The van der Waals surface area contributed by atoms with Crippen LogP contribution in [0.2, 0.25) is 0 Å². The van der Waals surface area contributed by atoms with E-state index < -0.39 is 23.7 Å². The SMILES string of the molecule is CC(=O)NC[C@H]1CN(c2ccc(-n3ccn(-c4ccccc4)c3=O)c(F)c2)C(=O)O1. The van der Waals surface area contributed by atoms with E-state index in [-0.39, 0.29) is 24.7 Å².